The van der Waals surface area contributed by atoms with Gasteiger partial charge in [-0.25, -0.2) is 9.97 Å². The summed E-state index contributed by atoms with van der Waals surface area (Å²) in [5.41, 5.74) is 3.54. The maximum atomic E-state index is 11.1. The highest BCUT2D eigenvalue weighted by molar-refractivity contribution is 5.73. The van der Waals surface area contributed by atoms with Crippen LogP contribution in [-0.2, 0) is 11.2 Å². The summed E-state index contributed by atoms with van der Waals surface area (Å²) in [7, 11) is 0. The maximum Gasteiger partial charge on any atom is 0.225 e. The zero-order valence-electron chi connectivity index (χ0n) is 16.5. The number of rotatable bonds is 4. The fourth-order valence-electron chi connectivity index (χ4n) is 3.86. The molecule has 1 aromatic carbocycles. The number of nitrogens with one attached hydrogen (secondary N) is 1. The van der Waals surface area contributed by atoms with Crippen LogP contribution in [-0.4, -0.2) is 35.0 Å². The molecule has 1 unspecified atom stereocenters. The molecule has 28 heavy (non-hydrogen) atoms. The van der Waals surface area contributed by atoms with Crippen LogP contribution in [0.4, 0.5) is 5.95 Å². The van der Waals surface area contributed by atoms with Gasteiger partial charge in [0.15, 0.2) is 0 Å². The molecule has 1 saturated carbocycles. The molecule has 1 N–H and O–H groups in total. The summed E-state index contributed by atoms with van der Waals surface area (Å²) in [5, 5.41) is 2.90. The van der Waals surface area contributed by atoms with Crippen molar-refractivity contribution in [1.82, 2.24) is 15.3 Å². The van der Waals surface area contributed by atoms with Crippen LogP contribution >= 0.6 is 0 Å². The number of hydrogen-bond donors (Lipinski definition) is 1. The smallest absolute Gasteiger partial charge is 0.225 e. The molecule has 1 saturated heterocycles. The first-order valence-electron chi connectivity index (χ1n) is 9.96. The van der Waals surface area contributed by atoms with Crippen LogP contribution in [0.3, 0.4) is 0 Å². The maximum absolute atomic E-state index is 11.1. The molecular formula is C23H26N4O. The predicted molar refractivity (Wildman–Crippen MR) is 110 cm³/mol. The van der Waals surface area contributed by atoms with E-state index in [0.29, 0.717) is 5.41 Å². The first-order chi connectivity index (χ1) is 13.5. The van der Waals surface area contributed by atoms with Gasteiger partial charge in [0.25, 0.3) is 0 Å². The van der Waals surface area contributed by atoms with Crippen molar-refractivity contribution >= 4 is 11.9 Å². The summed E-state index contributed by atoms with van der Waals surface area (Å²) in [4.78, 5) is 22.4. The molecule has 0 radical (unpaired) electrons. The van der Waals surface area contributed by atoms with E-state index in [-0.39, 0.29) is 11.9 Å². The van der Waals surface area contributed by atoms with Gasteiger partial charge in [0.05, 0.1) is 5.56 Å². The van der Waals surface area contributed by atoms with Crippen LogP contribution in [0, 0.1) is 17.3 Å². The summed E-state index contributed by atoms with van der Waals surface area (Å²) < 4.78 is 0. The molecule has 4 rings (SSSR count). The molecule has 144 valence electrons. The van der Waals surface area contributed by atoms with Crippen LogP contribution in [0.15, 0.2) is 36.7 Å². The van der Waals surface area contributed by atoms with Gasteiger partial charge in [-0.05, 0) is 55.7 Å². The molecule has 1 atom stereocenters. The lowest BCUT2D eigenvalue weighted by atomic mass is 10.1. The Morgan fingerprint density at radius 3 is 2.43 bits per heavy atom. The van der Waals surface area contributed by atoms with Crippen molar-refractivity contribution in [2.24, 2.45) is 5.41 Å². The molecule has 1 amide bonds. The number of amides is 1. The second-order valence-corrected chi connectivity index (χ2v) is 8.20. The van der Waals surface area contributed by atoms with Crippen LogP contribution in [0.25, 0.3) is 0 Å². The Balaban J connectivity index is 1.35. The number of aromatic nitrogens is 2. The van der Waals surface area contributed by atoms with Crippen LogP contribution < -0.4 is 10.2 Å². The molecular weight excluding hydrogens is 348 g/mol. The molecule has 1 aliphatic carbocycles. The lowest BCUT2D eigenvalue weighted by Crippen LogP contribution is -2.31. The molecule has 1 spiro atoms. The molecule has 2 fully saturated rings. The summed E-state index contributed by atoms with van der Waals surface area (Å²) in [6.45, 7) is 5.72. The van der Waals surface area contributed by atoms with Crippen molar-refractivity contribution < 1.29 is 4.79 Å². The fourth-order valence-corrected chi connectivity index (χ4v) is 3.86. The molecule has 0 bridgehead atoms. The van der Waals surface area contributed by atoms with Gasteiger partial charge < -0.3 is 10.2 Å². The highest BCUT2D eigenvalue weighted by Crippen LogP contribution is 2.52. The third-order valence-corrected chi connectivity index (χ3v) is 5.61. The van der Waals surface area contributed by atoms with Gasteiger partial charge in [0.1, 0.15) is 0 Å². The van der Waals surface area contributed by atoms with Gasteiger partial charge in [-0.1, -0.05) is 24.0 Å². The quantitative estimate of drug-likeness (QED) is 0.836. The van der Waals surface area contributed by atoms with Crippen molar-refractivity contribution in [3.63, 3.8) is 0 Å². The monoisotopic (exact) mass is 374 g/mol. The second-order valence-electron chi connectivity index (χ2n) is 8.20. The van der Waals surface area contributed by atoms with E-state index >= 15 is 0 Å². The molecule has 2 aromatic rings. The Labute approximate surface area is 166 Å². The number of benzene rings is 1. The average molecular weight is 374 g/mol. The number of carbonyl (C=O) groups is 1. The standard InChI is InChI=1S/C23H26N4O/c1-17(26-18(2)28)13-20-6-3-19(4-7-20)5-8-21-14-24-22(25-15-21)27-12-11-23(16-27)9-10-23/h3-4,6-7,14-15,17H,9-13,16H2,1-2H3,(H,26,28). The van der Waals surface area contributed by atoms with E-state index in [1.165, 1.54) is 24.8 Å². The van der Waals surface area contributed by atoms with Crippen molar-refractivity contribution in [3.8, 4) is 11.8 Å². The second kappa shape index (κ2) is 7.63. The minimum atomic E-state index is 0.000000818. The molecule has 1 aliphatic heterocycles. The van der Waals surface area contributed by atoms with Gasteiger partial charge in [-0.2, -0.15) is 0 Å². The molecule has 2 aliphatic rings. The van der Waals surface area contributed by atoms with E-state index < -0.39 is 0 Å². The Morgan fingerprint density at radius 2 is 1.82 bits per heavy atom. The minimum Gasteiger partial charge on any atom is -0.354 e. The fraction of sp³-hybridized carbons (Fsp3) is 0.435. The van der Waals surface area contributed by atoms with Gasteiger partial charge >= 0.3 is 0 Å². The van der Waals surface area contributed by atoms with E-state index in [9.17, 15) is 4.79 Å². The Bertz CT molecular complexity index is 904. The van der Waals surface area contributed by atoms with Gasteiger partial charge in [-0.3, -0.25) is 4.79 Å². The zero-order valence-corrected chi connectivity index (χ0v) is 16.5. The zero-order chi connectivity index (χ0) is 19.6. The minimum absolute atomic E-state index is 0.000000818. The van der Waals surface area contributed by atoms with Gasteiger partial charge in [-0.15, -0.1) is 0 Å². The number of nitrogens with zero attached hydrogens (tertiary/aromatic N) is 3. The summed E-state index contributed by atoms with van der Waals surface area (Å²) in [6, 6.07) is 8.26. The number of anilines is 1. The first kappa shape index (κ1) is 18.5. The van der Waals surface area contributed by atoms with Crippen molar-refractivity contribution in [3.05, 3.63) is 53.3 Å². The molecule has 5 heteroatoms. The Morgan fingerprint density at radius 1 is 1.14 bits per heavy atom. The van der Waals surface area contributed by atoms with Crippen molar-refractivity contribution in [2.75, 3.05) is 18.0 Å². The van der Waals surface area contributed by atoms with E-state index in [0.717, 1.165) is 36.6 Å². The summed E-state index contributed by atoms with van der Waals surface area (Å²) in [6.07, 6.45) is 8.43. The van der Waals surface area contributed by atoms with Crippen molar-refractivity contribution in [1.29, 1.82) is 0 Å². The van der Waals surface area contributed by atoms with E-state index in [2.05, 4.69) is 44.2 Å². The topological polar surface area (TPSA) is 58.1 Å². The molecule has 2 heterocycles. The molecule has 5 nitrogen and oxygen atoms in total. The lowest BCUT2D eigenvalue weighted by molar-refractivity contribution is -0.119. The van der Waals surface area contributed by atoms with E-state index in [1.54, 1.807) is 6.92 Å². The lowest BCUT2D eigenvalue weighted by Gasteiger charge is -2.15. The van der Waals surface area contributed by atoms with E-state index in [4.69, 9.17) is 0 Å². The highest BCUT2D eigenvalue weighted by atomic mass is 16.1. The Hall–Kier alpha value is -2.87. The predicted octanol–water partition coefficient (Wildman–Crippen LogP) is 2.93. The van der Waals surface area contributed by atoms with Crippen molar-refractivity contribution in [2.45, 2.75) is 45.6 Å². The summed E-state index contributed by atoms with van der Waals surface area (Å²) in [5.74, 6) is 7.14. The van der Waals surface area contributed by atoms with Crippen LogP contribution in [0.5, 0.6) is 0 Å². The largest absolute Gasteiger partial charge is 0.354 e. The highest BCUT2D eigenvalue weighted by Gasteiger charge is 2.48. The van der Waals surface area contributed by atoms with Gasteiger partial charge in [0.2, 0.25) is 11.9 Å². The normalized spacial score (nSPS) is 17.7. The molecule has 1 aromatic heterocycles. The summed E-state index contributed by atoms with van der Waals surface area (Å²) >= 11 is 0. The van der Waals surface area contributed by atoms with Crippen LogP contribution in [0.2, 0.25) is 0 Å². The van der Waals surface area contributed by atoms with Gasteiger partial charge in [0, 0.05) is 44.0 Å². The van der Waals surface area contributed by atoms with E-state index in [1.807, 2.05) is 31.5 Å². The average Bonchev–Trinajstić information content (AvgIpc) is 3.30. The third-order valence-electron chi connectivity index (χ3n) is 5.61. The Kier molecular flexibility index (Phi) is 5.04. The number of hydrogen-bond acceptors (Lipinski definition) is 4. The SMILES string of the molecule is CC(=O)NC(C)Cc1ccc(C#Cc2cnc(N3CCC4(CC4)C3)nc2)cc1. The van der Waals surface area contributed by atoms with Crippen LogP contribution in [0.1, 0.15) is 49.8 Å². The third kappa shape index (κ3) is 4.51. The number of carbonyl (C=O) groups excluding carboxylic acids is 1. The first-order valence-corrected chi connectivity index (χ1v) is 9.96.